The average molecular weight is 302 g/mol. The number of esters is 2. The van der Waals surface area contributed by atoms with Crippen molar-refractivity contribution in [3.05, 3.63) is 24.3 Å². The van der Waals surface area contributed by atoms with Gasteiger partial charge in [0.05, 0.1) is 13.5 Å². The fourth-order valence-corrected chi connectivity index (χ4v) is 0.909. The third kappa shape index (κ3) is 7.11. The summed E-state index contributed by atoms with van der Waals surface area (Å²) in [6.45, 7) is 8.91. The minimum atomic E-state index is -2.61. The summed E-state index contributed by atoms with van der Waals surface area (Å²) in [4.78, 5) is 33.7. The van der Waals surface area contributed by atoms with Crippen LogP contribution in [-0.2, 0) is 28.5 Å². The van der Waals surface area contributed by atoms with Crippen LogP contribution < -0.4 is 0 Å². The van der Waals surface area contributed by atoms with Crippen molar-refractivity contribution in [2.75, 3.05) is 13.7 Å². The van der Waals surface area contributed by atoms with Gasteiger partial charge in [0.25, 0.3) is 0 Å². The van der Waals surface area contributed by atoms with Gasteiger partial charge in [-0.3, -0.25) is 0 Å². The van der Waals surface area contributed by atoms with Crippen molar-refractivity contribution in [1.82, 2.24) is 0 Å². The zero-order valence-electron chi connectivity index (χ0n) is 12.1. The lowest BCUT2D eigenvalue weighted by Gasteiger charge is -2.26. The molecule has 0 radical (unpaired) electrons. The Morgan fingerprint density at radius 3 is 1.81 bits per heavy atom. The smallest absolute Gasteiger partial charge is 0.438 e. The molecule has 0 spiro atoms. The minimum Gasteiger partial charge on any atom is -0.438 e. The predicted molar refractivity (Wildman–Crippen MR) is 69.7 cm³/mol. The zero-order valence-corrected chi connectivity index (χ0v) is 12.1. The maximum atomic E-state index is 11.4. The van der Waals surface area contributed by atoms with Gasteiger partial charge in [-0.1, -0.05) is 13.2 Å². The Morgan fingerprint density at radius 2 is 1.48 bits per heavy atom. The van der Waals surface area contributed by atoms with E-state index in [4.69, 9.17) is 0 Å². The fraction of sp³-hybridized carbons (Fsp3) is 0.462. The summed E-state index contributed by atoms with van der Waals surface area (Å²) < 4.78 is 18.0. The normalized spacial score (nSPS) is 10.3. The van der Waals surface area contributed by atoms with Crippen LogP contribution in [0.1, 0.15) is 20.3 Å². The third-order valence-corrected chi connectivity index (χ3v) is 2.01. The molecule has 0 aliphatic carbocycles. The third-order valence-electron chi connectivity index (χ3n) is 2.01. The van der Waals surface area contributed by atoms with E-state index in [1.807, 2.05) is 0 Å². The first kappa shape index (κ1) is 18.7. The summed E-state index contributed by atoms with van der Waals surface area (Å²) in [7, 11) is 1.09. The molecule has 21 heavy (non-hydrogen) atoms. The van der Waals surface area contributed by atoms with Crippen molar-refractivity contribution in [1.29, 1.82) is 0 Å². The standard InChI is InChI=1S/C13H18O8/c1-8(2)10(14)20-13(17,21-11(15)9(3)4)6-7-19-12(16)18-5/h17H,1,3,6-7H2,2,4-5H3. The van der Waals surface area contributed by atoms with Gasteiger partial charge in [-0.25, -0.2) is 14.4 Å². The minimum absolute atomic E-state index is 0.0197. The molecule has 0 saturated carbocycles. The largest absolute Gasteiger partial charge is 0.507 e. The lowest BCUT2D eigenvalue weighted by atomic mass is 10.3. The van der Waals surface area contributed by atoms with Gasteiger partial charge in [-0.05, 0) is 13.8 Å². The number of carbonyl (C=O) groups excluding carboxylic acids is 3. The molecule has 0 amide bonds. The Labute approximate surface area is 121 Å². The van der Waals surface area contributed by atoms with Crippen LogP contribution in [0.5, 0.6) is 0 Å². The van der Waals surface area contributed by atoms with E-state index in [0.717, 1.165) is 7.11 Å². The summed E-state index contributed by atoms with van der Waals surface area (Å²) in [6.07, 6.45) is -1.52. The summed E-state index contributed by atoms with van der Waals surface area (Å²) in [5, 5.41) is 10.0. The average Bonchev–Trinajstić information content (AvgIpc) is 2.37. The second-order valence-corrected chi connectivity index (χ2v) is 4.10. The molecule has 0 aromatic rings. The van der Waals surface area contributed by atoms with Crippen LogP contribution in [0.4, 0.5) is 4.79 Å². The van der Waals surface area contributed by atoms with E-state index >= 15 is 0 Å². The molecule has 0 aromatic carbocycles. The fourth-order valence-electron chi connectivity index (χ4n) is 0.909. The lowest BCUT2D eigenvalue weighted by Crippen LogP contribution is -2.41. The Bertz CT molecular complexity index is 423. The molecule has 0 saturated heterocycles. The number of ether oxygens (including phenoxy) is 4. The molecular weight excluding hydrogens is 284 g/mol. The summed E-state index contributed by atoms with van der Waals surface area (Å²) in [5.74, 6) is -4.57. The van der Waals surface area contributed by atoms with Crippen molar-refractivity contribution in [3.8, 4) is 0 Å². The van der Waals surface area contributed by atoms with Crippen molar-refractivity contribution < 1.29 is 38.4 Å². The highest BCUT2D eigenvalue weighted by Crippen LogP contribution is 2.18. The Balaban J connectivity index is 4.85. The number of rotatable bonds is 7. The molecule has 8 heteroatoms. The van der Waals surface area contributed by atoms with Crippen molar-refractivity contribution in [2.45, 2.75) is 26.2 Å². The molecule has 0 bridgehead atoms. The SMILES string of the molecule is C=C(C)C(=O)OC(O)(CCOC(=O)OC)OC(=O)C(=C)C. The first-order chi connectivity index (χ1) is 9.61. The first-order valence-electron chi connectivity index (χ1n) is 5.82. The van der Waals surface area contributed by atoms with Gasteiger partial charge in [0.2, 0.25) is 0 Å². The van der Waals surface area contributed by atoms with Crippen LogP contribution in [0.3, 0.4) is 0 Å². The molecule has 8 nitrogen and oxygen atoms in total. The number of hydrogen-bond donors (Lipinski definition) is 1. The number of hydrogen-bond acceptors (Lipinski definition) is 8. The van der Waals surface area contributed by atoms with Crippen molar-refractivity contribution >= 4 is 18.1 Å². The van der Waals surface area contributed by atoms with E-state index < -0.39 is 37.1 Å². The maximum absolute atomic E-state index is 11.4. The second-order valence-electron chi connectivity index (χ2n) is 4.10. The highest BCUT2D eigenvalue weighted by molar-refractivity contribution is 5.88. The van der Waals surface area contributed by atoms with Gasteiger partial charge in [0.1, 0.15) is 6.61 Å². The number of aliphatic hydroxyl groups is 1. The Hall–Kier alpha value is -2.35. The van der Waals surface area contributed by atoms with Crippen LogP contribution in [-0.4, -0.2) is 42.9 Å². The summed E-state index contributed by atoms with van der Waals surface area (Å²) in [6, 6.07) is 0. The van der Waals surface area contributed by atoms with Crippen molar-refractivity contribution in [3.63, 3.8) is 0 Å². The predicted octanol–water partition coefficient (Wildman–Crippen LogP) is 1.04. The van der Waals surface area contributed by atoms with E-state index in [0.29, 0.717) is 0 Å². The topological polar surface area (TPSA) is 108 Å². The Morgan fingerprint density at radius 1 is 1.05 bits per heavy atom. The molecule has 0 heterocycles. The highest BCUT2D eigenvalue weighted by atomic mass is 16.8. The number of carbonyl (C=O) groups is 3. The maximum Gasteiger partial charge on any atom is 0.507 e. The zero-order chi connectivity index (χ0) is 16.6. The van der Waals surface area contributed by atoms with Crippen LogP contribution >= 0.6 is 0 Å². The molecule has 0 aliphatic rings. The molecule has 1 N–H and O–H groups in total. The van der Waals surface area contributed by atoms with Crippen LogP contribution in [0.25, 0.3) is 0 Å². The number of methoxy groups -OCH3 is 1. The molecule has 0 aromatic heterocycles. The first-order valence-corrected chi connectivity index (χ1v) is 5.82. The van der Waals surface area contributed by atoms with Crippen LogP contribution in [0.15, 0.2) is 24.3 Å². The van der Waals surface area contributed by atoms with E-state index in [-0.39, 0.29) is 11.1 Å². The highest BCUT2D eigenvalue weighted by Gasteiger charge is 2.37. The van der Waals surface area contributed by atoms with Gasteiger partial charge in [0, 0.05) is 11.1 Å². The van der Waals surface area contributed by atoms with Gasteiger partial charge < -0.3 is 24.1 Å². The second kappa shape index (κ2) is 8.05. The van der Waals surface area contributed by atoms with Crippen molar-refractivity contribution in [2.24, 2.45) is 0 Å². The van der Waals surface area contributed by atoms with Gasteiger partial charge >= 0.3 is 24.1 Å². The molecule has 118 valence electrons. The monoisotopic (exact) mass is 302 g/mol. The quantitative estimate of drug-likeness (QED) is 0.422. The van der Waals surface area contributed by atoms with Crippen LogP contribution in [0.2, 0.25) is 0 Å². The van der Waals surface area contributed by atoms with E-state index in [1.54, 1.807) is 0 Å². The molecule has 0 rings (SSSR count). The Kier molecular flexibility index (Phi) is 7.15. The van der Waals surface area contributed by atoms with E-state index in [1.165, 1.54) is 13.8 Å². The molecule has 0 unspecified atom stereocenters. The lowest BCUT2D eigenvalue weighted by molar-refractivity contribution is -0.326. The van der Waals surface area contributed by atoms with Gasteiger partial charge in [-0.15, -0.1) is 0 Å². The molecule has 0 atom stereocenters. The molecular formula is C13H18O8. The molecule has 0 aliphatic heterocycles. The van der Waals surface area contributed by atoms with E-state index in [2.05, 4.69) is 32.1 Å². The summed E-state index contributed by atoms with van der Waals surface area (Å²) in [5.41, 5.74) is -0.0395. The van der Waals surface area contributed by atoms with Crippen LogP contribution in [0, 0.1) is 0 Å². The van der Waals surface area contributed by atoms with Gasteiger partial charge in [0.15, 0.2) is 0 Å². The van der Waals surface area contributed by atoms with E-state index in [9.17, 15) is 19.5 Å². The molecule has 0 fully saturated rings. The van der Waals surface area contributed by atoms with Gasteiger partial charge in [-0.2, -0.15) is 0 Å². The summed E-state index contributed by atoms with van der Waals surface area (Å²) >= 11 is 0.